The summed E-state index contributed by atoms with van der Waals surface area (Å²) in [5.74, 6) is 0.287. The van der Waals surface area contributed by atoms with E-state index in [2.05, 4.69) is 0 Å². The molecule has 0 spiro atoms. The predicted molar refractivity (Wildman–Crippen MR) is 59.2 cm³/mol. The van der Waals surface area contributed by atoms with Crippen molar-refractivity contribution in [3.63, 3.8) is 0 Å². The Morgan fingerprint density at radius 2 is 1.88 bits per heavy atom. The maximum atomic E-state index is 11.4. The third kappa shape index (κ3) is 5.28. The number of aliphatic hydroxyl groups is 1. The lowest BCUT2D eigenvalue weighted by molar-refractivity contribution is 0.191. The monoisotopic (exact) mass is 246 g/mol. The molecule has 0 aliphatic heterocycles. The molecule has 0 aliphatic carbocycles. The quantitative estimate of drug-likeness (QED) is 0.568. The number of phosphoric ester groups is 1. The zero-order chi connectivity index (χ0) is 11.9. The molecule has 1 aromatic rings. The van der Waals surface area contributed by atoms with Crippen molar-refractivity contribution in [3.8, 4) is 5.75 Å². The number of para-hydroxylation sites is 1. The Kier molecular flexibility index (Phi) is 5.49. The van der Waals surface area contributed by atoms with E-state index in [4.69, 9.17) is 14.2 Å². The van der Waals surface area contributed by atoms with E-state index in [9.17, 15) is 9.46 Å². The Hall–Kier alpha value is -0.870. The van der Waals surface area contributed by atoms with Gasteiger partial charge in [0.25, 0.3) is 0 Å². The first-order valence-corrected chi connectivity index (χ1v) is 6.46. The summed E-state index contributed by atoms with van der Waals surface area (Å²) in [6.07, 6.45) is 1.05. The third-order valence-electron chi connectivity index (χ3n) is 1.77. The van der Waals surface area contributed by atoms with Gasteiger partial charge in [0, 0.05) is 6.61 Å². The average molecular weight is 246 g/mol. The van der Waals surface area contributed by atoms with E-state index in [1.807, 2.05) is 0 Å². The van der Waals surface area contributed by atoms with Crippen LogP contribution in [0.15, 0.2) is 30.3 Å². The highest BCUT2D eigenvalue weighted by atomic mass is 31.2. The van der Waals surface area contributed by atoms with E-state index in [1.165, 1.54) is 0 Å². The SMILES string of the molecule is O=P(O)(OCCCCO)Oc1ccccc1. The molecule has 0 fully saturated rings. The Balaban J connectivity index is 2.37. The van der Waals surface area contributed by atoms with Crippen LogP contribution in [-0.2, 0) is 9.09 Å². The van der Waals surface area contributed by atoms with Crippen LogP contribution in [-0.4, -0.2) is 23.2 Å². The topological polar surface area (TPSA) is 76.0 Å². The van der Waals surface area contributed by atoms with Gasteiger partial charge < -0.3 is 9.63 Å². The second kappa shape index (κ2) is 6.66. The number of hydrogen-bond donors (Lipinski definition) is 2. The zero-order valence-corrected chi connectivity index (χ0v) is 9.68. The molecule has 1 atom stereocenters. The third-order valence-corrected chi connectivity index (χ3v) is 2.72. The predicted octanol–water partition coefficient (Wildman–Crippen LogP) is 1.95. The molecule has 0 bridgehead atoms. The summed E-state index contributed by atoms with van der Waals surface area (Å²) in [4.78, 5) is 9.32. The lowest BCUT2D eigenvalue weighted by Gasteiger charge is -2.12. The fraction of sp³-hybridized carbons (Fsp3) is 0.400. The molecule has 16 heavy (non-hydrogen) atoms. The summed E-state index contributed by atoms with van der Waals surface area (Å²) in [6.45, 7) is 0.125. The molecule has 0 aliphatic rings. The highest BCUT2D eigenvalue weighted by Gasteiger charge is 2.22. The first kappa shape index (κ1) is 13.2. The van der Waals surface area contributed by atoms with Gasteiger partial charge >= 0.3 is 7.82 Å². The zero-order valence-electron chi connectivity index (χ0n) is 8.78. The maximum absolute atomic E-state index is 11.4. The largest absolute Gasteiger partial charge is 0.527 e. The summed E-state index contributed by atoms with van der Waals surface area (Å²) in [5, 5.41) is 8.51. The molecule has 0 heterocycles. The molecule has 1 rings (SSSR count). The van der Waals surface area contributed by atoms with Gasteiger partial charge in [-0.3, -0.25) is 9.42 Å². The number of rotatable bonds is 7. The smallest absolute Gasteiger partial charge is 0.404 e. The Morgan fingerprint density at radius 1 is 1.19 bits per heavy atom. The normalized spacial score (nSPS) is 14.4. The Bertz CT molecular complexity index is 340. The second-order valence-electron chi connectivity index (χ2n) is 3.14. The van der Waals surface area contributed by atoms with Crippen LogP contribution in [0.2, 0.25) is 0 Å². The van der Waals surface area contributed by atoms with Crippen LogP contribution in [0.1, 0.15) is 12.8 Å². The summed E-state index contributed by atoms with van der Waals surface area (Å²) in [5.41, 5.74) is 0. The van der Waals surface area contributed by atoms with E-state index < -0.39 is 7.82 Å². The van der Waals surface area contributed by atoms with Crippen molar-refractivity contribution >= 4 is 7.82 Å². The van der Waals surface area contributed by atoms with Gasteiger partial charge in [0.15, 0.2) is 0 Å². The van der Waals surface area contributed by atoms with Crippen molar-refractivity contribution in [2.45, 2.75) is 12.8 Å². The van der Waals surface area contributed by atoms with Gasteiger partial charge in [-0.05, 0) is 25.0 Å². The van der Waals surface area contributed by atoms with E-state index in [0.717, 1.165) is 0 Å². The van der Waals surface area contributed by atoms with Gasteiger partial charge in [0.05, 0.1) is 6.61 Å². The van der Waals surface area contributed by atoms with Gasteiger partial charge in [-0.1, -0.05) is 18.2 Å². The van der Waals surface area contributed by atoms with Crippen LogP contribution in [0, 0.1) is 0 Å². The summed E-state index contributed by atoms with van der Waals surface area (Å²) in [7, 11) is -4.04. The van der Waals surface area contributed by atoms with Gasteiger partial charge in [0.1, 0.15) is 5.75 Å². The van der Waals surface area contributed by atoms with E-state index >= 15 is 0 Å². The van der Waals surface area contributed by atoms with Crippen LogP contribution in [0.4, 0.5) is 0 Å². The maximum Gasteiger partial charge on any atom is 0.527 e. The van der Waals surface area contributed by atoms with E-state index in [-0.39, 0.29) is 19.0 Å². The van der Waals surface area contributed by atoms with Crippen molar-refractivity contribution in [1.82, 2.24) is 0 Å². The van der Waals surface area contributed by atoms with Crippen molar-refractivity contribution in [2.24, 2.45) is 0 Å². The summed E-state index contributed by atoms with van der Waals surface area (Å²) in [6, 6.07) is 8.30. The number of hydrogen-bond acceptors (Lipinski definition) is 4. The van der Waals surface area contributed by atoms with Crippen molar-refractivity contribution in [1.29, 1.82) is 0 Å². The standard InChI is InChI=1S/C10H15O5P/c11-8-4-5-9-14-16(12,13)15-10-6-2-1-3-7-10/h1-3,6-7,11H,4-5,8-9H2,(H,12,13). The van der Waals surface area contributed by atoms with Crippen LogP contribution < -0.4 is 4.52 Å². The minimum absolute atomic E-state index is 0.0403. The van der Waals surface area contributed by atoms with Crippen molar-refractivity contribution in [2.75, 3.05) is 13.2 Å². The van der Waals surface area contributed by atoms with Crippen LogP contribution >= 0.6 is 7.82 Å². The molecule has 1 unspecified atom stereocenters. The number of aliphatic hydroxyl groups excluding tert-OH is 1. The molecule has 6 heteroatoms. The molecule has 5 nitrogen and oxygen atoms in total. The fourth-order valence-corrected chi connectivity index (χ4v) is 1.84. The lowest BCUT2D eigenvalue weighted by Crippen LogP contribution is -1.99. The summed E-state index contributed by atoms with van der Waals surface area (Å²) < 4.78 is 20.9. The molecular formula is C10H15O5P. The molecule has 0 saturated carbocycles. The van der Waals surface area contributed by atoms with Crippen LogP contribution in [0.3, 0.4) is 0 Å². The second-order valence-corrected chi connectivity index (χ2v) is 4.51. The van der Waals surface area contributed by atoms with Crippen LogP contribution in [0.25, 0.3) is 0 Å². The van der Waals surface area contributed by atoms with Crippen molar-refractivity contribution in [3.05, 3.63) is 30.3 Å². The average Bonchev–Trinajstić information content (AvgIpc) is 2.25. The first-order valence-electron chi connectivity index (χ1n) is 4.97. The molecule has 90 valence electrons. The van der Waals surface area contributed by atoms with E-state index in [1.54, 1.807) is 30.3 Å². The molecule has 2 N–H and O–H groups in total. The highest BCUT2D eigenvalue weighted by molar-refractivity contribution is 7.47. The van der Waals surface area contributed by atoms with Gasteiger partial charge in [0.2, 0.25) is 0 Å². The van der Waals surface area contributed by atoms with Crippen molar-refractivity contribution < 1.29 is 23.6 Å². The minimum Gasteiger partial charge on any atom is -0.404 e. The highest BCUT2D eigenvalue weighted by Crippen LogP contribution is 2.43. The van der Waals surface area contributed by atoms with Gasteiger partial charge in [-0.25, -0.2) is 4.57 Å². The Labute approximate surface area is 94.3 Å². The molecule has 0 radical (unpaired) electrons. The molecule has 0 aromatic heterocycles. The number of unbranched alkanes of at least 4 members (excludes halogenated alkanes) is 1. The number of phosphoric acid groups is 1. The van der Waals surface area contributed by atoms with E-state index in [0.29, 0.717) is 12.8 Å². The number of benzene rings is 1. The van der Waals surface area contributed by atoms with Gasteiger partial charge in [-0.2, -0.15) is 0 Å². The fourth-order valence-electron chi connectivity index (χ4n) is 1.03. The lowest BCUT2D eigenvalue weighted by atomic mass is 10.3. The molecule has 0 amide bonds. The first-order chi connectivity index (χ1) is 7.64. The molecular weight excluding hydrogens is 231 g/mol. The van der Waals surface area contributed by atoms with Gasteiger partial charge in [-0.15, -0.1) is 0 Å². The Morgan fingerprint density at radius 3 is 2.50 bits per heavy atom. The summed E-state index contributed by atoms with van der Waals surface area (Å²) >= 11 is 0. The molecule has 0 saturated heterocycles. The molecule has 1 aromatic carbocycles. The minimum atomic E-state index is -4.04. The van der Waals surface area contributed by atoms with Crippen LogP contribution in [0.5, 0.6) is 5.75 Å².